The van der Waals surface area contributed by atoms with Crippen LogP contribution in [0.1, 0.15) is 77.9 Å². The van der Waals surface area contributed by atoms with Gasteiger partial charge in [-0.3, -0.25) is 9.80 Å². The van der Waals surface area contributed by atoms with Crippen molar-refractivity contribution in [3.63, 3.8) is 0 Å². The Hall–Kier alpha value is -18.5. The van der Waals surface area contributed by atoms with Crippen LogP contribution in [0, 0.1) is 158 Å². The van der Waals surface area contributed by atoms with E-state index in [4.69, 9.17) is 45.2 Å². The van der Waals surface area contributed by atoms with Crippen LogP contribution >= 0.6 is 47.0 Å². The Morgan fingerprint density at radius 2 is 0.444 bits per heavy atom. The van der Waals surface area contributed by atoms with E-state index in [0.29, 0.717) is 119 Å². The van der Waals surface area contributed by atoms with Crippen molar-refractivity contribution in [1.82, 2.24) is 0 Å². The predicted octanol–water partition coefficient (Wildman–Crippen LogP) is 21.3. The molecule has 652 valence electrons. The molecule has 0 N–H and O–H groups in total. The van der Waals surface area contributed by atoms with Crippen LogP contribution in [0.4, 0.5) is 91.0 Å². The molecule has 16 aromatic carbocycles. The lowest BCUT2D eigenvalue weighted by atomic mass is 9.33. The molecule has 0 aromatic heterocycles. The zero-order valence-corrected chi connectivity index (χ0v) is 78.9. The van der Waals surface area contributed by atoms with E-state index in [1.54, 1.807) is 95.6 Å². The Kier molecular flexibility index (Phi) is 19.2. The molecule has 0 radical (unpaired) electrons. The molecule has 0 saturated carbocycles. The van der Waals surface area contributed by atoms with Gasteiger partial charge in [0.15, 0.2) is 57.2 Å². The fourth-order valence-electron chi connectivity index (χ4n) is 22.8. The molecule has 0 bridgehead atoms. The second-order valence-corrected chi connectivity index (χ2v) is 40.5. The fourth-order valence-corrected chi connectivity index (χ4v) is 27.7. The molecule has 0 spiro atoms. The second kappa shape index (κ2) is 32.0. The summed E-state index contributed by atoms with van der Waals surface area (Å²) in [5, 5.41) is 78.1. The van der Waals surface area contributed by atoms with Gasteiger partial charge in [-0.1, -0.05) is 233 Å². The lowest BCUT2D eigenvalue weighted by Crippen LogP contribution is -2.59. The van der Waals surface area contributed by atoms with Crippen molar-refractivity contribution in [3.8, 4) is 94.5 Å². The highest BCUT2D eigenvalue weighted by molar-refractivity contribution is 8.01. The first-order chi connectivity index (χ1) is 69.2. The van der Waals surface area contributed by atoms with E-state index in [1.165, 1.54) is 27.7 Å². The Morgan fingerprint density at radius 1 is 0.232 bits per heavy atom. The highest BCUT2D eigenvalue weighted by Crippen LogP contribution is 2.67. The molecule has 0 aliphatic carbocycles. The summed E-state index contributed by atoms with van der Waals surface area (Å²) >= 11 is 6.53. The molecule has 0 saturated heterocycles. The molecule has 28 rings (SSSR count). The van der Waals surface area contributed by atoms with Gasteiger partial charge >= 0.3 is 0 Å². The molecule has 0 atom stereocenters. The third-order valence-electron chi connectivity index (χ3n) is 27.7. The minimum Gasteiger partial charge on any atom is -0.454 e. The van der Waals surface area contributed by atoms with E-state index < -0.39 is 0 Å². The summed E-state index contributed by atoms with van der Waals surface area (Å²) in [6.45, 7) is 43.2. The minimum atomic E-state index is -0.233. The van der Waals surface area contributed by atoms with Crippen LogP contribution in [0.5, 0.6) is 46.0 Å². The lowest BCUT2D eigenvalue weighted by Gasteiger charge is -2.45. The Bertz CT molecular complexity index is 8330. The zero-order valence-electron chi connectivity index (χ0n) is 75.7. The maximum atomic E-state index is 9.99. The second-order valence-electron chi connectivity index (χ2n) is 36.1. The maximum absolute atomic E-state index is 9.99. The number of rotatable bonds is 4. The van der Waals surface area contributed by atoms with Crippen molar-refractivity contribution in [2.24, 2.45) is 0 Å². The van der Waals surface area contributed by atoms with Gasteiger partial charge < -0.3 is 28.7 Å². The molecule has 0 unspecified atom stereocenters. The maximum Gasteiger partial charge on any atom is 0.246 e. The van der Waals surface area contributed by atoms with E-state index in [1.807, 2.05) is 133 Å². The smallest absolute Gasteiger partial charge is 0.246 e. The molecule has 12 aliphatic rings. The zero-order chi connectivity index (χ0) is 97.1. The summed E-state index contributed by atoms with van der Waals surface area (Å²) in [7, 11) is 0. The summed E-state index contributed by atoms with van der Waals surface area (Å²) < 4.78 is 25.3. The standard InChI is InChI=1S/C30H17BN4O2.C30H17BN4S2.C27H11BN4O2.C27H11BN4S2/c2*1-15-5-16(2)27(17(3)6-15)31-21-7-18(13-32)8-23-28(21)35-29-22(31)11-20(34-4)12-26(29)37-25-10-19(14-33)9-24(36-23)30(25)35;2*1-31-18-11-20-26-24(12-18)34-23-10-16(14-30)9-22-27(23)32(26)25-19(7-15(13-29)8-21(25)33-22)28(20)17-5-3-2-4-6-17/h2*5-12H,1-3H3;2*2-12H. The van der Waals surface area contributed by atoms with Crippen LogP contribution in [0.15, 0.2) is 270 Å². The summed E-state index contributed by atoms with van der Waals surface area (Å²) in [6, 6.07) is 92.4. The Balaban J connectivity index is 0.0000000996. The lowest BCUT2D eigenvalue weighted by molar-refractivity contribution is 0.445. The van der Waals surface area contributed by atoms with Gasteiger partial charge in [0.05, 0.1) is 176 Å². The summed E-state index contributed by atoms with van der Waals surface area (Å²) in [6.07, 6.45) is 0. The first-order valence-corrected chi connectivity index (χ1v) is 48.2. The Morgan fingerprint density at radius 3 is 0.754 bits per heavy atom. The van der Waals surface area contributed by atoms with Gasteiger partial charge in [0.25, 0.3) is 0 Å². The van der Waals surface area contributed by atoms with Crippen molar-refractivity contribution in [3.05, 3.63) is 354 Å². The van der Waals surface area contributed by atoms with Gasteiger partial charge in [-0.15, -0.1) is 0 Å². The highest BCUT2D eigenvalue weighted by atomic mass is 32.2. The summed E-state index contributed by atoms with van der Waals surface area (Å²) in [4.78, 5) is 32.1. The van der Waals surface area contributed by atoms with Gasteiger partial charge in [0.1, 0.15) is 22.9 Å². The van der Waals surface area contributed by atoms with E-state index in [0.717, 1.165) is 173 Å². The average molecular weight is 1890 g/mol. The van der Waals surface area contributed by atoms with Crippen molar-refractivity contribution >= 4 is 230 Å². The van der Waals surface area contributed by atoms with Crippen LogP contribution in [0.3, 0.4) is 0 Å². The van der Waals surface area contributed by atoms with E-state index >= 15 is 0 Å². The Labute approximate surface area is 834 Å². The quantitative estimate of drug-likeness (QED) is 0.117. The van der Waals surface area contributed by atoms with E-state index in [2.05, 4.69) is 178 Å². The highest BCUT2D eigenvalue weighted by Gasteiger charge is 2.52. The molecular formula is C114H56B4N16O4S4. The van der Waals surface area contributed by atoms with Gasteiger partial charge in [0.2, 0.25) is 26.9 Å². The third-order valence-corrected chi connectivity index (χ3v) is 32.0. The van der Waals surface area contributed by atoms with Crippen LogP contribution < -0.4 is 104 Å². The van der Waals surface area contributed by atoms with Gasteiger partial charge in [-0.05, 0) is 148 Å². The number of aryl methyl sites for hydroxylation is 6. The topological polar surface area (TPSA) is 258 Å². The van der Waals surface area contributed by atoms with E-state index in [-0.39, 0.29) is 26.9 Å². The van der Waals surface area contributed by atoms with Crippen LogP contribution in [-0.2, 0) is 0 Å². The summed E-state index contributed by atoms with van der Waals surface area (Å²) in [5.74, 6) is 4.21. The molecule has 0 amide bonds. The van der Waals surface area contributed by atoms with Gasteiger partial charge in [0, 0.05) is 75.6 Å². The predicted molar refractivity (Wildman–Crippen MR) is 557 cm³/mol. The van der Waals surface area contributed by atoms with Crippen LogP contribution in [-0.4, -0.2) is 26.9 Å². The summed E-state index contributed by atoms with van der Waals surface area (Å²) in [5.41, 5.74) is 37.5. The third kappa shape index (κ3) is 12.6. The van der Waals surface area contributed by atoms with Crippen LogP contribution in [0.2, 0.25) is 0 Å². The monoisotopic (exact) mass is 1880 g/mol. The van der Waals surface area contributed by atoms with Crippen LogP contribution in [0.25, 0.3) is 19.4 Å². The number of nitriles is 8. The van der Waals surface area contributed by atoms with Crippen molar-refractivity contribution < 1.29 is 18.9 Å². The molecule has 0 fully saturated rings. The SMILES string of the molecule is [C-]#[N+]c1cc2c3c(c1)B(c1c(C)cc(C)cc1C)c1cc(C#N)cc4c1N3c1c(cc(C#N)cc1O2)O4.[C-]#[N+]c1cc2c3c(c1)B(c1c(C)cc(C)cc1C)c1cc(C#N)cc4c1N3c1c(cc(C#N)cc1S2)S4.[C-]#[N+]c1cc2c3c(c1)B(c1ccccc1)c1cc(C#N)cc4c1N3c1c(cc(C#N)cc1O2)O4.[C-]#[N+]c1cc2c3c(c1)B(c1ccccc1)c1cc(C#N)cc4c1N3c1c(cc(C#N)cc1S2)S4. The van der Waals surface area contributed by atoms with Gasteiger partial charge in [-0.2, -0.15) is 42.1 Å². The molecular weight excluding hydrogens is 1830 g/mol. The molecule has 28 heteroatoms. The first kappa shape index (κ1) is 85.1. The number of benzene rings is 16. The minimum absolute atomic E-state index is 0.0855. The van der Waals surface area contributed by atoms with Crippen molar-refractivity contribution in [1.29, 1.82) is 42.1 Å². The molecule has 142 heavy (non-hydrogen) atoms. The number of hydrogen-bond donors (Lipinski definition) is 0. The van der Waals surface area contributed by atoms with Gasteiger partial charge in [-0.25, -0.2) is 19.4 Å². The van der Waals surface area contributed by atoms with Crippen molar-refractivity contribution in [2.75, 3.05) is 19.6 Å². The largest absolute Gasteiger partial charge is 0.454 e. The number of anilines is 12. The first-order valence-electron chi connectivity index (χ1n) is 45.0. The number of ether oxygens (including phenoxy) is 4. The van der Waals surface area contributed by atoms with E-state index in [9.17, 15) is 42.1 Å². The molecule has 12 heterocycles. The molecule has 20 nitrogen and oxygen atoms in total. The average Bonchev–Trinajstić information content (AvgIpc) is 0.694. The normalized spacial score (nSPS) is 13.2. The van der Waals surface area contributed by atoms with Crippen molar-refractivity contribution in [2.45, 2.75) is 80.7 Å². The fraction of sp³-hybridized carbons (Fsp3) is 0.0526. The number of hydrogen-bond acceptors (Lipinski definition) is 20. The molecule has 16 aromatic rings. The number of nitrogens with zero attached hydrogens (tertiary/aromatic N) is 16. The molecule has 12 aliphatic heterocycles.